The Morgan fingerprint density at radius 3 is 2.61 bits per heavy atom. The molecule has 0 radical (unpaired) electrons. The van der Waals surface area contributed by atoms with E-state index >= 15 is 0 Å². The van der Waals surface area contributed by atoms with Gasteiger partial charge in [-0.3, -0.25) is 4.79 Å². The van der Waals surface area contributed by atoms with Crippen molar-refractivity contribution in [2.45, 2.75) is 82.7 Å². The first-order valence-electron chi connectivity index (χ1n) is 11.2. The quantitative estimate of drug-likeness (QED) is 0.529. The molecular weight excluding hydrogens is 396 g/mol. The number of benzene rings is 1. The highest BCUT2D eigenvalue weighted by atomic mass is 16.6. The molecule has 0 saturated carbocycles. The van der Waals surface area contributed by atoms with E-state index in [-0.39, 0.29) is 11.9 Å². The molecule has 0 aromatic heterocycles. The number of carbonyl (C=O) groups excluding carboxylic acids is 2. The lowest BCUT2D eigenvalue weighted by atomic mass is 9.77. The van der Waals surface area contributed by atoms with Gasteiger partial charge in [-0.15, -0.1) is 0 Å². The second kappa shape index (κ2) is 8.40. The molecule has 2 fully saturated rings. The van der Waals surface area contributed by atoms with Gasteiger partial charge in [0.15, 0.2) is 6.10 Å². The van der Waals surface area contributed by atoms with Crippen molar-refractivity contribution in [3.63, 3.8) is 0 Å². The molecule has 2 bridgehead atoms. The third-order valence-electron chi connectivity index (χ3n) is 7.23. The van der Waals surface area contributed by atoms with Gasteiger partial charge in [0.2, 0.25) is 0 Å². The van der Waals surface area contributed by atoms with Crippen LogP contribution in [-0.4, -0.2) is 47.1 Å². The Morgan fingerprint density at radius 2 is 1.90 bits per heavy atom. The first-order valence-corrected chi connectivity index (χ1v) is 11.2. The zero-order chi connectivity index (χ0) is 22.2. The van der Waals surface area contributed by atoms with Crippen LogP contribution in [0.5, 0.6) is 0 Å². The first-order chi connectivity index (χ1) is 14.8. The summed E-state index contributed by atoms with van der Waals surface area (Å²) in [6, 6.07) is 10.1. The summed E-state index contributed by atoms with van der Waals surface area (Å²) in [5.41, 5.74) is 2.14. The summed E-state index contributed by atoms with van der Waals surface area (Å²) in [7, 11) is 0. The number of esters is 2. The standard InChI is InChI=1S/C25H32O6/c1-16-12-13-18-22(16)23(30-20(27)11-7-10-17-8-5-4-6-9-17)24(2)14-19(25(18,3)31-24)29-21(28)15-26/h4-6,8-9,18-19,23,26H,7,10-15H2,1-3H3. The molecule has 1 N–H and O–H groups in total. The maximum Gasteiger partial charge on any atom is 0.332 e. The number of aliphatic hydroxyl groups excluding tert-OH is 1. The summed E-state index contributed by atoms with van der Waals surface area (Å²) in [5.74, 6) is -0.849. The largest absolute Gasteiger partial charge is 0.457 e. The molecule has 2 heterocycles. The Labute approximate surface area is 183 Å². The van der Waals surface area contributed by atoms with Crippen LogP contribution in [0.25, 0.3) is 0 Å². The van der Waals surface area contributed by atoms with Crippen LogP contribution in [0.4, 0.5) is 0 Å². The molecule has 2 saturated heterocycles. The lowest BCUT2D eigenvalue weighted by molar-refractivity contribution is -0.208. The minimum absolute atomic E-state index is 0.0293. The van der Waals surface area contributed by atoms with E-state index in [1.54, 1.807) is 0 Å². The fourth-order valence-electron chi connectivity index (χ4n) is 5.74. The number of allylic oxidation sites excluding steroid dienone is 1. The summed E-state index contributed by atoms with van der Waals surface area (Å²) in [4.78, 5) is 24.6. The number of hydrogen-bond acceptors (Lipinski definition) is 6. The van der Waals surface area contributed by atoms with Crippen molar-refractivity contribution in [1.82, 2.24) is 0 Å². The van der Waals surface area contributed by atoms with E-state index in [9.17, 15) is 9.59 Å². The minimum atomic E-state index is -0.762. The summed E-state index contributed by atoms with van der Waals surface area (Å²) >= 11 is 0. The molecule has 6 nitrogen and oxygen atoms in total. The van der Waals surface area contributed by atoms with Crippen LogP contribution in [0, 0.1) is 5.92 Å². The van der Waals surface area contributed by atoms with Crippen LogP contribution in [-0.2, 0) is 30.2 Å². The van der Waals surface area contributed by atoms with Gasteiger partial charge in [-0.05, 0) is 57.6 Å². The van der Waals surface area contributed by atoms with E-state index in [2.05, 4.69) is 19.1 Å². The number of hydrogen-bond donors (Lipinski definition) is 1. The lowest BCUT2D eigenvalue weighted by Crippen LogP contribution is -2.55. The number of aliphatic hydroxyl groups is 1. The fourth-order valence-corrected chi connectivity index (χ4v) is 5.74. The number of aryl methyl sites for hydroxylation is 1. The van der Waals surface area contributed by atoms with Gasteiger partial charge >= 0.3 is 11.9 Å². The molecule has 1 aromatic rings. The van der Waals surface area contributed by atoms with Gasteiger partial charge in [-0.2, -0.15) is 0 Å². The van der Waals surface area contributed by atoms with E-state index < -0.39 is 36.0 Å². The maximum atomic E-state index is 12.8. The number of rotatable bonds is 7. The molecule has 0 amide bonds. The average Bonchev–Trinajstić information content (AvgIpc) is 3.23. The molecule has 6 heteroatoms. The van der Waals surface area contributed by atoms with Crippen molar-refractivity contribution in [3.05, 3.63) is 47.0 Å². The van der Waals surface area contributed by atoms with E-state index in [0.717, 1.165) is 31.3 Å². The van der Waals surface area contributed by atoms with Gasteiger partial charge < -0.3 is 19.3 Å². The highest BCUT2D eigenvalue weighted by Gasteiger charge is 2.67. The van der Waals surface area contributed by atoms with Crippen molar-refractivity contribution >= 4 is 11.9 Å². The third kappa shape index (κ3) is 4.03. The molecule has 31 heavy (non-hydrogen) atoms. The Hall–Kier alpha value is -2.18. The highest BCUT2D eigenvalue weighted by Crippen LogP contribution is 2.59. The Morgan fingerprint density at radius 1 is 1.16 bits per heavy atom. The topological polar surface area (TPSA) is 82.1 Å². The van der Waals surface area contributed by atoms with Gasteiger partial charge in [0, 0.05) is 18.8 Å². The van der Waals surface area contributed by atoms with Gasteiger partial charge in [0.1, 0.15) is 23.9 Å². The predicted octanol–water partition coefficient (Wildman–Crippen LogP) is 3.50. The Bertz CT molecular complexity index is 877. The van der Waals surface area contributed by atoms with Crippen LogP contribution < -0.4 is 0 Å². The van der Waals surface area contributed by atoms with Gasteiger partial charge in [-0.1, -0.05) is 35.9 Å². The predicted molar refractivity (Wildman–Crippen MR) is 114 cm³/mol. The van der Waals surface area contributed by atoms with Gasteiger partial charge in [-0.25, -0.2) is 4.79 Å². The van der Waals surface area contributed by atoms with E-state index in [4.69, 9.17) is 19.3 Å². The zero-order valence-corrected chi connectivity index (χ0v) is 18.6. The zero-order valence-electron chi connectivity index (χ0n) is 18.6. The lowest BCUT2D eigenvalue weighted by Gasteiger charge is -2.47. The first kappa shape index (κ1) is 22.0. The maximum absolute atomic E-state index is 12.8. The summed E-state index contributed by atoms with van der Waals surface area (Å²) in [6.07, 6.45) is 3.17. The third-order valence-corrected chi connectivity index (χ3v) is 7.23. The molecule has 4 rings (SSSR count). The Balaban J connectivity index is 1.49. The minimum Gasteiger partial charge on any atom is -0.457 e. The van der Waals surface area contributed by atoms with Crippen LogP contribution >= 0.6 is 0 Å². The number of ether oxygens (including phenoxy) is 3. The van der Waals surface area contributed by atoms with Crippen molar-refractivity contribution < 1.29 is 28.9 Å². The molecule has 1 aromatic carbocycles. The summed E-state index contributed by atoms with van der Waals surface area (Å²) in [5, 5.41) is 9.15. The van der Waals surface area contributed by atoms with Crippen LogP contribution in [0.15, 0.2) is 41.5 Å². The number of fused-ring (bicyclic) bond motifs is 4. The van der Waals surface area contributed by atoms with Crippen LogP contribution in [0.1, 0.15) is 58.4 Å². The molecule has 2 aliphatic heterocycles. The molecule has 1 aliphatic carbocycles. The normalized spacial score (nSPS) is 33.9. The average molecular weight is 429 g/mol. The summed E-state index contributed by atoms with van der Waals surface area (Å²) < 4.78 is 18.1. The molecule has 168 valence electrons. The van der Waals surface area contributed by atoms with Crippen molar-refractivity contribution in [2.24, 2.45) is 5.92 Å². The second-order valence-electron chi connectivity index (χ2n) is 9.48. The van der Waals surface area contributed by atoms with Gasteiger partial charge in [0.25, 0.3) is 0 Å². The molecule has 0 spiro atoms. The van der Waals surface area contributed by atoms with Crippen molar-refractivity contribution in [3.8, 4) is 0 Å². The SMILES string of the molecule is CC1=C2C(OC(=O)CCCc3ccccc3)C3(C)CC(OC(=O)CO)C(C)(O3)C2CC1. The number of carbonyl (C=O) groups is 2. The molecule has 5 atom stereocenters. The van der Waals surface area contributed by atoms with E-state index in [1.807, 2.05) is 32.0 Å². The van der Waals surface area contributed by atoms with Crippen LogP contribution in [0.3, 0.4) is 0 Å². The van der Waals surface area contributed by atoms with Gasteiger partial charge in [0.05, 0.1) is 0 Å². The smallest absolute Gasteiger partial charge is 0.332 e. The molecular formula is C25H32O6. The van der Waals surface area contributed by atoms with E-state index in [1.165, 1.54) is 11.1 Å². The molecule has 5 unspecified atom stereocenters. The second-order valence-corrected chi connectivity index (χ2v) is 9.48. The monoisotopic (exact) mass is 428 g/mol. The Kier molecular flexibility index (Phi) is 5.97. The van der Waals surface area contributed by atoms with Crippen LogP contribution in [0.2, 0.25) is 0 Å². The fraction of sp³-hybridized carbons (Fsp3) is 0.600. The highest BCUT2D eigenvalue weighted by molar-refractivity contribution is 5.71. The van der Waals surface area contributed by atoms with E-state index in [0.29, 0.717) is 12.8 Å². The van der Waals surface area contributed by atoms with Crippen molar-refractivity contribution in [1.29, 1.82) is 0 Å². The van der Waals surface area contributed by atoms with Crippen molar-refractivity contribution in [2.75, 3.05) is 6.61 Å². The summed E-state index contributed by atoms with van der Waals surface area (Å²) in [6.45, 7) is 5.36. The molecule has 3 aliphatic rings.